The molecule has 2 unspecified atom stereocenters. The number of halogens is 3. The highest BCUT2D eigenvalue weighted by molar-refractivity contribution is 7.07. The number of hydrogen-bond acceptors (Lipinski definition) is 3. The maximum absolute atomic E-state index is 13.9. The molecule has 3 nitrogen and oxygen atoms in total. The first-order chi connectivity index (χ1) is 18.4. The van der Waals surface area contributed by atoms with Gasteiger partial charge >= 0.3 is 0 Å². The number of benzene rings is 3. The molecule has 0 amide bonds. The summed E-state index contributed by atoms with van der Waals surface area (Å²) >= 11 is 7.38. The van der Waals surface area contributed by atoms with Crippen molar-refractivity contribution in [3.8, 4) is 0 Å². The molecule has 6 rings (SSSR count). The van der Waals surface area contributed by atoms with Gasteiger partial charge in [0.2, 0.25) is 0 Å². The highest BCUT2D eigenvalue weighted by Gasteiger charge is 2.35. The predicted molar refractivity (Wildman–Crippen MR) is 149 cm³/mol. The second-order valence-electron chi connectivity index (χ2n) is 9.65. The molecule has 190 valence electrons. The van der Waals surface area contributed by atoms with Gasteiger partial charge in [-0.1, -0.05) is 66.3 Å². The molecule has 2 aliphatic rings. The molecule has 0 saturated carbocycles. The van der Waals surface area contributed by atoms with Gasteiger partial charge in [0.25, 0.3) is 5.56 Å². The van der Waals surface area contributed by atoms with Gasteiger partial charge < -0.3 is 0 Å². The van der Waals surface area contributed by atoms with Crippen molar-refractivity contribution in [2.24, 2.45) is 10.9 Å². The summed E-state index contributed by atoms with van der Waals surface area (Å²) in [4.78, 5) is 19.5. The molecule has 4 aromatic rings. The van der Waals surface area contributed by atoms with Crippen LogP contribution in [0.25, 0.3) is 12.2 Å². The van der Waals surface area contributed by atoms with E-state index in [9.17, 15) is 13.6 Å². The van der Waals surface area contributed by atoms with Crippen molar-refractivity contribution in [1.82, 2.24) is 4.57 Å². The quantitative estimate of drug-likeness (QED) is 0.284. The second-order valence-corrected chi connectivity index (χ2v) is 11.1. The van der Waals surface area contributed by atoms with Crippen LogP contribution in [-0.4, -0.2) is 4.57 Å². The van der Waals surface area contributed by atoms with Crippen LogP contribution in [0.1, 0.15) is 42.5 Å². The summed E-state index contributed by atoms with van der Waals surface area (Å²) in [5.41, 5.74) is 5.42. The van der Waals surface area contributed by atoms with Crippen LogP contribution >= 0.6 is 22.9 Å². The lowest BCUT2D eigenvalue weighted by atomic mass is 9.77. The monoisotopic (exact) mass is 544 g/mol. The summed E-state index contributed by atoms with van der Waals surface area (Å²) in [6, 6.07) is 19.7. The Morgan fingerprint density at radius 1 is 0.921 bits per heavy atom. The summed E-state index contributed by atoms with van der Waals surface area (Å²) in [7, 11) is 0. The SMILES string of the molecule is CC1CC/C(=C/c2ccc(F)cc2)C2=C1C(c1ccc(F)cc1)n1c(s/c(=C/c3ccc(Cl)cc3)c1=O)=N2. The molecule has 2 atom stereocenters. The number of allylic oxidation sites excluding steroid dienone is 2. The molecule has 1 aliphatic heterocycles. The number of nitrogens with zero attached hydrogens (tertiary/aromatic N) is 2. The van der Waals surface area contributed by atoms with Crippen molar-refractivity contribution in [3.05, 3.63) is 143 Å². The van der Waals surface area contributed by atoms with Crippen LogP contribution in [-0.2, 0) is 0 Å². The summed E-state index contributed by atoms with van der Waals surface area (Å²) in [5.74, 6) is -0.445. The van der Waals surface area contributed by atoms with E-state index >= 15 is 0 Å². The molecule has 3 aromatic carbocycles. The van der Waals surface area contributed by atoms with E-state index in [0.29, 0.717) is 14.4 Å². The maximum Gasteiger partial charge on any atom is 0.271 e. The molecule has 0 spiro atoms. The molecular weight excluding hydrogens is 522 g/mol. The van der Waals surface area contributed by atoms with Crippen molar-refractivity contribution in [2.45, 2.75) is 25.8 Å². The van der Waals surface area contributed by atoms with E-state index < -0.39 is 6.04 Å². The Balaban J connectivity index is 1.59. The number of hydrogen-bond donors (Lipinski definition) is 0. The number of thiazole rings is 1. The van der Waals surface area contributed by atoms with Crippen LogP contribution in [0.4, 0.5) is 8.78 Å². The smallest absolute Gasteiger partial charge is 0.271 e. The Labute approximate surface area is 227 Å². The number of aromatic nitrogens is 1. The molecule has 38 heavy (non-hydrogen) atoms. The van der Waals surface area contributed by atoms with Crippen molar-refractivity contribution < 1.29 is 8.78 Å². The maximum atomic E-state index is 13.9. The third kappa shape index (κ3) is 4.59. The summed E-state index contributed by atoms with van der Waals surface area (Å²) in [6.45, 7) is 2.15. The van der Waals surface area contributed by atoms with Gasteiger partial charge in [0.1, 0.15) is 11.6 Å². The zero-order valence-corrected chi connectivity index (χ0v) is 22.1. The van der Waals surface area contributed by atoms with E-state index in [1.807, 2.05) is 24.3 Å². The van der Waals surface area contributed by atoms with Gasteiger partial charge in [0, 0.05) is 5.02 Å². The second kappa shape index (κ2) is 9.93. The molecule has 2 heterocycles. The van der Waals surface area contributed by atoms with E-state index in [1.54, 1.807) is 41.0 Å². The first-order valence-electron chi connectivity index (χ1n) is 12.4. The molecular formula is C31H23ClF2N2OS. The van der Waals surface area contributed by atoms with Crippen LogP contribution in [0.3, 0.4) is 0 Å². The summed E-state index contributed by atoms with van der Waals surface area (Å²) < 4.78 is 29.7. The fourth-order valence-electron chi connectivity index (χ4n) is 5.21. The van der Waals surface area contributed by atoms with Gasteiger partial charge in [-0.05, 0) is 95.1 Å². The van der Waals surface area contributed by atoms with E-state index in [0.717, 1.165) is 46.4 Å². The minimum Gasteiger partial charge on any atom is -0.272 e. The van der Waals surface area contributed by atoms with Crippen molar-refractivity contribution in [2.75, 3.05) is 0 Å². The van der Waals surface area contributed by atoms with Crippen LogP contribution in [0.5, 0.6) is 0 Å². The largest absolute Gasteiger partial charge is 0.272 e. The van der Waals surface area contributed by atoms with E-state index in [4.69, 9.17) is 16.6 Å². The average molecular weight is 545 g/mol. The Morgan fingerprint density at radius 3 is 2.21 bits per heavy atom. The lowest BCUT2D eigenvalue weighted by Crippen LogP contribution is -2.40. The highest BCUT2D eigenvalue weighted by Crippen LogP contribution is 2.44. The molecule has 7 heteroatoms. The van der Waals surface area contributed by atoms with Gasteiger partial charge in [0.15, 0.2) is 4.80 Å². The van der Waals surface area contributed by atoms with Crippen molar-refractivity contribution in [1.29, 1.82) is 0 Å². The Morgan fingerprint density at radius 2 is 1.53 bits per heavy atom. The first-order valence-corrected chi connectivity index (χ1v) is 13.6. The Kier molecular flexibility index (Phi) is 6.46. The Hall–Kier alpha value is -3.61. The normalized spacial score (nSPS) is 20.3. The van der Waals surface area contributed by atoms with E-state index in [-0.39, 0.29) is 23.1 Å². The average Bonchev–Trinajstić information content (AvgIpc) is 3.22. The fraction of sp³-hybridized carbons (Fsp3) is 0.161. The topological polar surface area (TPSA) is 34.4 Å². The van der Waals surface area contributed by atoms with Crippen molar-refractivity contribution >= 4 is 35.1 Å². The lowest BCUT2D eigenvalue weighted by Gasteiger charge is -2.34. The van der Waals surface area contributed by atoms with Gasteiger partial charge in [-0.2, -0.15) is 0 Å². The third-order valence-corrected chi connectivity index (χ3v) is 8.35. The summed E-state index contributed by atoms with van der Waals surface area (Å²) in [6.07, 6.45) is 5.60. The third-order valence-electron chi connectivity index (χ3n) is 7.12. The molecule has 1 aliphatic carbocycles. The number of rotatable bonds is 3. The molecule has 0 saturated heterocycles. The van der Waals surface area contributed by atoms with Crippen LogP contribution < -0.4 is 14.9 Å². The van der Waals surface area contributed by atoms with E-state index in [1.165, 1.54) is 35.6 Å². The first kappa shape index (κ1) is 24.7. The van der Waals surface area contributed by atoms with Gasteiger partial charge in [-0.25, -0.2) is 13.8 Å². The van der Waals surface area contributed by atoms with Gasteiger partial charge in [-0.3, -0.25) is 9.36 Å². The lowest BCUT2D eigenvalue weighted by molar-refractivity contribution is 0.476. The molecule has 1 aromatic heterocycles. The summed E-state index contributed by atoms with van der Waals surface area (Å²) in [5, 5.41) is 0.627. The predicted octanol–water partition coefficient (Wildman–Crippen LogP) is 6.66. The minimum atomic E-state index is -0.402. The zero-order chi connectivity index (χ0) is 26.4. The van der Waals surface area contributed by atoms with Gasteiger partial charge in [-0.15, -0.1) is 0 Å². The van der Waals surface area contributed by atoms with Crippen molar-refractivity contribution in [3.63, 3.8) is 0 Å². The molecule has 0 bridgehead atoms. The number of fused-ring (bicyclic) bond motifs is 1. The zero-order valence-electron chi connectivity index (χ0n) is 20.5. The minimum absolute atomic E-state index is 0.133. The molecule has 0 N–H and O–H groups in total. The Bertz CT molecular complexity index is 1770. The molecule has 0 fully saturated rings. The van der Waals surface area contributed by atoms with Gasteiger partial charge in [0.05, 0.1) is 16.3 Å². The van der Waals surface area contributed by atoms with Crippen LogP contribution in [0.15, 0.2) is 99.4 Å². The molecule has 0 radical (unpaired) electrons. The van der Waals surface area contributed by atoms with E-state index in [2.05, 4.69) is 6.92 Å². The van der Waals surface area contributed by atoms with Crippen LogP contribution in [0, 0.1) is 17.6 Å². The highest BCUT2D eigenvalue weighted by atomic mass is 35.5. The fourth-order valence-corrected chi connectivity index (χ4v) is 6.34. The standard InChI is InChI=1S/C31H23ClF2N2OS/c1-18-2-7-22(16-19-5-12-24(33)13-6-19)28-27(18)29(21-8-14-25(34)15-9-21)36-30(37)26(38-31(36)35-28)17-20-3-10-23(32)11-4-20/h3-6,8-18,29H,2,7H2,1H3/b22-16-,26-17+. The van der Waals surface area contributed by atoms with Crippen LogP contribution in [0.2, 0.25) is 5.02 Å².